The summed E-state index contributed by atoms with van der Waals surface area (Å²) in [4.78, 5) is 6.65. The number of hydrogen-bond donors (Lipinski definition) is 1. The number of rotatable bonds is 3. The molecule has 1 unspecified atom stereocenters. The molecule has 1 aliphatic rings. The lowest BCUT2D eigenvalue weighted by molar-refractivity contribution is -0.0264. The van der Waals surface area contributed by atoms with Crippen LogP contribution in [0.2, 0.25) is 0 Å². The van der Waals surface area contributed by atoms with E-state index in [0.717, 1.165) is 31.9 Å². The van der Waals surface area contributed by atoms with Crippen LogP contribution in [-0.4, -0.2) is 42.2 Å². The van der Waals surface area contributed by atoms with Crippen molar-refractivity contribution in [3.8, 4) is 0 Å². The van der Waals surface area contributed by atoms with Gasteiger partial charge in [-0.3, -0.25) is 9.88 Å². The molecule has 1 aromatic heterocycles. The first-order chi connectivity index (χ1) is 7.38. The highest BCUT2D eigenvalue weighted by Gasteiger charge is 2.19. The zero-order valence-corrected chi connectivity index (χ0v) is 10.0. The molecule has 2 rings (SSSR count). The van der Waals surface area contributed by atoms with Gasteiger partial charge in [-0.25, -0.2) is 0 Å². The number of pyridine rings is 1. The van der Waals surface area contributed by atoms with E-state index in [1.165, 1.54) is 0 Å². The van der Waals surface area contributed by atoms with Crippen molar-refractivity contribution in [3.63, 3.8) is 0 Å². The number of ether oxygens (including phenoxy) is 1. The van der Waals surface area contributed by atoms with E-state index in [1.807, 2.05) is 24.4 Å². The van der Waals surface area contributed by atoms with Gasteiger partial charge in [0.15, 0.2) is 0 Å². The molecule has 0 aromatic carbocycles. The Bertz CT molecular complexity index is 297. The van der Waals surface area contributed by atoms with Crippen molar-refractivity contribution < 1.29 is 4.74 Å². The van der Waals surface area contributed by atoms with E-state index in [0.29, 0.717) is 6.54 Å². The van der Waals surface area contributed by atoms with Gasteiger partial charge in [-0.2, -0.15) is 0 Å². The maximum absolute atomic E-state index is 5.59. The van der Waals surface area contributed by atoms with E-state index in [-0.39, 0.29) is 18.5 Å². The standard InChI is InChI=1S/C11H17N3O.ClH/c12-7-11-9-14(5-6-15-11)8-10-3-1-2-4-13-10;/h1-4,11H,5-9,12H2;1H. The van der Waals surface area contributed by atoms with Crippen LogP contribution in [0.5, 0.6) is 0 Å². The van der Waals surface area contributed by atoms with Gasteiger partial charge < -0.3 is 10.5 Å². The number of morpholine rings is 1. The Balaban J connectivity index is 0.00000128. The molecule has 5 heteroatoms. The van der Waals surface area contributed by atoms with Crippen molar-refractivity contribution in [3.05, 3.63) is 30.1 Å². The second-order valence-corrected chi connectivity index (χ2v) is 3.78. The molecule has 1 atom stereocenters. The van der Waals surface area contributed by atoms with Crippen LogP contribution < -0.4 is 5.73 Å². The lowest BCUT2D eigenvalue weighted by Crippen LogP contribution is -2.45. The molecular weight excluding hydrogens is 226 g/mol. The highest BCUT2D eigenvalue weighted by molar-refractivity contribution is 5.85. The quantitative estimate of drug-likeness (QED) is 0.848. The average Bonchev–Trinajstić information content (AvgIpc) is 2.31. The summed E-state index contributed by atoms with van der Waals surface area (Å²) in [6.45, 7) is 4.13. The van der Waals surface area contributed by atoms with E-state index in [2.05, 4.69) is 9.88 Å². The van der Waals surface area contributed by atoms with Gasteiger partial charge in [0.25, 0.3) is 0 Å². The summed E-state index contributed by atoms with van der Waals surface area (Å²) in [7, 11) is 0. The summed E-state index contributed by atoms with van der Waals surface area (Å²) in [5.74, 6) is 0. The van der Waals surface area contributed by atoms with E-state index in [9.17, 15) is 0 Å². The van der Waals surface area contributed by atoms with Crippen molar-refractivity contribution in [2.24, 2.45) is 5.73 Å². The summed E-state index contributed by atoms with van der Waals surface area (Å²) in [5.41, 5.74) is 6.70. The Morgan fingerprint density at radius 2 is 2.38 bits per heavy atom. The number of halogens is 1. The van der Waals surface area contributed by atoms with Crippen molar-refractivity contribution in [1.82, 2.24) is 9.88 Å². The normalized spacial score (nSPS) is 21.4. The van der Waals surface area contributed by atoms with Gasteiger partial charge >= 0.3 is 0 Å². The third kappa shape index (κ3) is 3.72. The second kappa shape index (κ2) is 6.81. The van der Waals surface area contributed by atoms with E-state index in [4.69, 9.17) is 10.5 Å². The lowest BCUT2D eigenvalue weighted by Gasteiger charge is -2.31. The molecule has 0 aliphatic carbocycles. The third-order valence-electron chi connectivity index (χ3n) is 2.60. The van der Waals surface area contributed by atoms with Crippen molar-refractivity contribution in [1.29, 1.82) is 0 Å². The smallest absolute Gasteiger partial charge is 0.0824 e. The Morgan fingerprint density at radius 1 is 1.50 bits per heavy atom. The Hall–Kier alpha value is -0.680. The molecule has 2 N–H and O–H groups in total. The summed E-state index contributed by atoms with van der Waals surface area (Å²) in [5, 5.41) is 0. The van der Waals surface area contributed by atoms with Crippen LogP contribution in [0.1, 0.15) is 5.69 Å². The molecule has 1 aliphatic heterocycles. The van der Waals surface area contributed by atoms with Crippen LogP contribution >= 0.6 is 12.4 Å². The van der Waals surface area contributed by atoms with E-state index < -0.39 is 0 Å². The fourth-order valence-electron chi connectivity index (χ4n) is 1.79. The largest absolute Gasteiger partial charge is 0.374 e. The SMILES string of the molecule is Cl.NCC1CN(Cc2ccccn2)CCO1. The Labute approximate surface area is 102 Å². The monoisotopic (exact) mass is 243 g/mol. The lowest BCUT2D eigenvalue weighted by atomic mass is 10.2. The molecule has 16 heavy (non-hydrogen) atoms. The Morgan fingerprint density at radius 3 is 3.06 bits per heavy atom. The fourth-order valence-corrected chi connectivity index (χ4v) is 1.79. The minimum absolute atomic E-state index is 0. The molecule has 0 radical (unpaired) electrons. The molecule has 0 amide bonds. The van der Waals surface area contributed by atoms with Crippen molar-refractivity contribution in [2.45, 2.75) is 12.6 Å². The van der Waals surface area contributed by atoms with Crippen molar-refractivity contribution in [2.75, 3.05) is 26.2 Å². The highest BCUT2D eigenvalue weighted by atomic mass is 35.5. The first-order valence-corrected chi connectivity index (χ1v) is 5.32. The van der Waals surface area contributed by atoms with Gasteiger partial charge in [0.05, 0.1) is 18.4 Å². The van der Waals surface area contributed by atoms with Crippen LogP contribution in [0, 0.1) is 0 Å². The fraction of sp³-hybridized carbons (Fsp3) is 0.545. The molecule has 4 nitrogen and oxygen atoms in total. The summed E-state index contributed by atoms with van der Waals surface area (Å²) >= 11 is 0. The predicted octanol–water partition coefficient (Wildman–Crippen LogP) is 0.663. The third-order valence-corrected chi connectivity index (χ3v) is 2.60. The maximum atomic E-state index is 5.59. The van der Waals surface area contributed by atoms with Gasteiger partial charge in [-0.1, -0.05) is 6.07 Å². The van der Waals surface area contributed by atoms with Crippen LogP contribution in [0.15, 0.2) is 24.4 Å². The Kier molecular flexibility index (Phi) is 5.69. The number of aromatic nitrogens is 1. The minimum atomic E-state index is 0. The molecule has 1 aromatic rings. The van der Waals surface area contributed by atoms with Crippen LogP contribution in [0.4, 0.5) is 0 Å². The minimum Gasteiger partial charge on any atom is -0.374 e. The number of hydrogen-bond acceptors (Lipinski definition) is 4. The number of nitrogens with two attached hydrogens (primary N) is 1. The first kappa shape index (κ1) is 13.4. The molecule has 1 saturated heterocycles. The van der Waals surface area contributed by atoms with Crippen LogP contribution in [-0.2, 0) is 11.3 Å². The average molecular weight is 244 g/mol. The van der Waals surface area contributed by atoms with Gasteiger partial charge in [0.1, 0.15) is 0 Å². The van der Waals surface area contributed by atoms with Crippen LogP contribution in [0.25, 0.3) is 0 Å². The zero-order chi connectivity index (χ0) is 10.5. The van der Waals surface area contributed by atoms with Gasteiger partial charge in [0.2, 0.25) is 0 Å². The maximum Gasteiger partial charge on any atom is 0.0824 e. The molecule has 1 fully saturated rings. The van der Waals surface area contributed by atoms with Gasteiger partial charge in [0, 0.05) is 32.4 Å². The summed E-state index contributed by atoms with van der Waals surface area (Å²) in [6.07, 6.45) is 2.01. The first-order valence-electron chi connectivity index (χ1n) is 5.32. The zero-order valence-electron chi connectivity index (χ0n) is 9.21. The van der Waals surface area contributed by atoms with Gasteiger partial charge in [-0.05, 0) is 12.1 Å². The van der Waals surface area contributed by atoms with E-state index in [1.54, 1.807) is 0 Å². The molecule has 90 valence electrons. The van der Waals surface area contributed by atoms with Gasteiger partial charge in [-0.15, -0.1) is 12.4 Å². The number of nitrogens with zero attached hydrogens (tertiary/aromatic N) is 2. The van der Waals surface area contributed by atoms with Crippen molar-refractivity contribution >= 4 is 12.4 Å². The second-order valence-electron chi connectivity index (χ2n) is 3.78. The predicted molar refractivity (Wildman–Crippen MR) is 65.6 cm³/mol. The highest BCUT2D eigenvalue weighted by Crippen LogP contribution is 2.07. The topological polar surface area (TPSA) is 51.4 Å². The summed E-state index contributed by atoms with van der Waals surface area (Å²) in [6, 6.07) is 6.00. The van der Waals surface area contributed by atoms with Crippen LogP contribution in [0.3, 0.4) is 0 Å². The molecule has 2 heterocycles. The molecular formula is C11H18ClN3O. The summed E-state index contributed by atoms with van der Waals surface area (Å²) < 4.78 is 5.51. The van der Waals surface area contributed by atoms with E-state index >= 15 is 0 Å². The molecule has 0 bridgehead atoms. The molecule has 0 saturated carbocycles. The molecule has 0 spiro atoms.